The Morgan fingerprint density at radius 1 is 1.10 bits per heavy atom. The molecule has 0 aromatic rings. The largest absolute Gasteiger partial charge is 0.298 e. The fraction of sp³-hybridized carbons (Fsp3) is 1.00. The van der Waals surface area contributed by atoms with E-state index < -0.39 is 0 Å². The number of nitrogens with zero attached hydrogens (tertiary/aromatic N) is 1. The minimum Gasteiger partial charge on any atom is -0.298 e. The van der Waals surface area contributed by atoms with E-state index in [2.05, 4.69) is 11.8 Å². The predicted octanol–water partition coefficient (Wildman–Crippen LogP) is 2.02. The zero-order valence-electron chi connectivity index (χ0n) is 6.84. The molecule has 0 saturated carbocycles. The van der Waals surface area contributed by atoms with Crippen LogP contribution in [0, 0.1) is 0 Å². The molecular weight excluding hydrogens is 122 g/mol. The van der Waals surface area contributed by atoms with Gasteiger partial charge in [0.25, 0.3) is 0 Å². The Hall–Kier alpha value is -0.0400. The fourth-order valence-corrected chi connectivity index (χ4v) is 2.51. The molecule has 0 aromatic carbocycles. The predicted molar refractivity (Wildman–Crippen MR) is 43.0 cm³/mol. The lowest BCUT2D eigenvalue weighted by atomic mass is 10.0. The summed E-state index contributed by atoms with van der Waals surface area (Å²) in [6, 6.07) is 1.87. The van der Waals surface area contributed by atoms with Crippen LogP contribution in [0.4, 0.5) is 0 Å². The van der Waals surface area contributed by atoms with Crippen LogP contribution in [0.15, 0.2) is 0 Å². The summed E-state index contributed by atoms with van der Waals surface area (Å²) < 4.78 is 0. The summed E-state index contributed by atoms with van der Waals surface area (Å²) in [4.78, 5) is 2.71. The number of hydrogen-bond donors (Lipinski definition) is 0. The summed E-state index contributed by atoms with van der Waals surface area (Å²) in [5.41, 5.74) is 0. The van der Waals surface area contributed by atoms with Gasteiger partial charge in [0.1, 0.15) is 0 Å². The van der Waals surface area contributed by atoms with Gasteiger partial charge in [0.05, 0.1) is 0 Å². The highest BCUT2D eigenvalue weighted by molar-refractivity contribution is 4.87. The van der Waals surface area contributed by atoms with Crippen molar-refractivity contribution in [2.24, 2.45) is 0 Å². The Morgan fingerprint density at radius 2 is 2.00 bits per heavy atom. The van der Waals surface area contributed by atoms with E-state index in [0.29, 0.717) is 0 Å². The molecule has 1 nitrogen and oxygen atoms in total. The van der Waals surface area contributed by atoms with Gasteiger partial charge in [0, 0.05) is 12.1 Å². The summed E-state index contributed by atoms with van der Waals surface area (Å²) >= 11 is 0. The van der Waals surface area contributed by atoms with Crippen LogP contribution in [0.25, 0.3) is 0 Å². The van der Waals surface area contributed by atoms with Crippen LogP contribution in [-0.2, 0) is 0 Å². The van der Waals surface area contributed by atoms with E-state index >= 15 is 0 Å². The zero-order chi connectivity index (χ0) is 6.97. The van der Waals surface area contributed by atoms with Crippen molar-refractivity contribution in [3.05, 3.63) is 0 Å². The molecule has 2 aliphatic rings. The third-order valence-corrected chi connectivity index (χ3v) is 3.16. The maximum absolute atomic E-state index is 2.71. The lowest BCUT2D eigenvalue weighted by Crippen LogP contribution is -2.38. The Bertz CT molecular complexity index is 120. The van der Waals surface area contributed by atoms with Crippen molar-refractivity contribution in [2.75, 3.05) is 6.54 Å². The van der Waals surface area contributed by atoms with Crippen molar-refractivity contribution in [1.82, 2.24) is 4.90 Å². The van der Waals surface area contributed by atoms with E-state index in [0.717, 1.165) is 12.1 Å². The smallest absolute Gasteiger partial charge is 0.00986 e. The molecule has 1 heteroatoms. The molecule has 10 heavy (non-hydrogen) atoms. The Balaban J connectivity index is 2.01. The molecule has 2 rings (SSSR count). The molecule has 2 atom stereocenters. The van der Waals surface area contributed by atoms with Crippen LogP contribution in [0.5, 0.6) is 0 Å². The summed E-state index contributed by atoms with van der Waals surface area (Å²) in [5, 5.41) is 0. The molecule has 0 radical (unpaired) electrons. The van der Waals surface area contributed by atoms with Crippen LogP contribution in [0.2, 0.25) is 0 Å². The lowest BCUT2D eigenvalue weighted by molar-refractivity contribution is 0.158. The fourth-order valence-electron chi connectivity index (χ4n) is 2.51. The highest BCUT2D eigenvalue weighted by Gasteiger charge is 2.31. The van der Waals surface area contributed by atoms with Crippen molar-refractivity contribution in [3.8, 4) is 0 Å². The molecule has 0 bridgehead atoms. The number of rotatable bonds is 0. The summed E-state index contributed by atoms with van der Waals surface area (Å²) in [7, 11) is 0. The first kappa shape index (κ1) is 6.66. The third-order valence-electron chi connectivity index (χ3n) is 3.16. The van der Waals surface area contributed by atoms with Crippen LogP contribution >= 0.6 is 0 Å². The molecule has 0 spiro atoms. The van der Waals surface area contributed by atoms with Gasteiger partial charge in [-0.3, -0.25) is 4.90 Å². The molecule has 2 heterocycles. The quantitative estimate of drug-likeness (QED) is 0.496. The second-order valence-corrected chi connectivity index (χ2v) is 3.81. The van der Waals surface area contributed by atoms with Crippen LogP contribution < -0.4 is 0 Å². The number of hydrogen-bond acceptors (Lipinski definition) is 1. The highest BCUT2D eigenvalue weighted by atomic mass is 15.2. The average Bonchev–Trinajstić information content (AvgIpc) is 2.34. The summed E-state index contributed by atoms with van der Waals surface area (Å²) in [5.74, 6) is 0. The van der Waals surface area contributed by atoms with Crippen molar-refractivity contribution in [2.45, 2.75) is 51.1 Å². The van der Waals surface area contributed by atoms with Gasteiger partial charge in [-0.1, -0.05) is 6.42 Å². The monoisotopic (exact) mass is 139 g/mol. The second-order valence-electron chi connectivity index (χ2n) is 3.81. The standard InChI is InChI=1S/C9H17N/c1-8-5-6-9-4-2-3-7-10(8)9/h8-9H,2-7H2,1H3/t8-,9-/m1/s1. The molecular formula is C9H17N. The van der Waals surface area contributed by atoms with Crippen molar-refractivity contribution < 1.29 is 0 Å². The van der Waals surface area contributed by atoms with Crippen LogP contribution in [0.3, 0.4) is 0 Å². The summed E-state index contributed by atoms with van der Waals surface area (Å²) in [6.07, 6.45) is 7.32. The first-order valence-electron chi connectivity index (χ1n) is 4.63. The van der Waals surface area contributed by atoms with Gasteiger partial charge in [-0.2, -0.15) is 0 Å². The minimum atomic E-state index is 0.894. The first-order chi connectivity index (χ1) is 4.88. The molecule has 0 unspecified atom stereocenters. The van der Waals surface area contributed by atoms with Crippen molar-refractivity contribution in [1.29, 1.82) is 0 Å². The lowest BCUT2D eigenvalue weighted by Gasteiger charge is -2.32. The van der Waals surface area contributed by atoms with Gasteiger partial charge in [0.2, 0.25) is 0 Å². The van der Waals surface area contributed by atoms with Crippen LogP contribution in [-0.4, -0.2) is 23.5 Å². The van der Waals surface area contributed by atoms with Gasteiger partial charge in [-0.05, 0) is 39.2 Å². The van der Waals surface area contributed by atoms with E-state index in [1.54, 1.807) is 0 Å². The molecule has 58 valence electrons. The first-order valence-corrected chi connectivity index (χ1v) is 4.63. The molecule has 0 aliphatic carbocycles. The van der Waals surface area contributed by atoms with Crippen molar-refractivity contribution in [3.63, 3.8) is 0 Å². The van der Waals surface area contributed by atoms with Gasteiger partial charge >= 0.3 is 0 Å². The average molecular weight is 139 g/mol. The minimum absolute atomic E-state index is 0.894. The molecule has 2 aliphatic heterocycles. The molecule has 2 fully saturated rings. The Kier molecular flexibility index (Phi) is 1.69. The molecule has 0 aromatic heterocycles. The maximum atomic E-state index is 2.71. The van der Waals surface area contributed by atoms with E-state index in [1.807, 2.05) is 0 Å². The zero-order valence-corrected chi connectivity index (χ0v) is 6.84. The van der Waals surface area contributed by atoms with Gasteiger partial charge < -0.3 is 0 Å². The SMILES string of the molecule is C[C@@H]1CC[C@H]2CCCCN21. The summed E-state index contributed by atoms with van der Waals surface area (Å²) in [6.45, 7) is 3.76. The highest BCUT2D eigenvalue weighted by Crippen LogP contribution is 2.30. The second kappa shape index (κ2) is 2.54. The van der Waals surface area contributed by atoms with E-state index in [1.165, 1.54) is 38.6 Å². The number of piperidine rings is 1. The van der Waals surface area contributed by atoms with Gasteiger partial charge in [-0.15, -0.1) is 0 Å². The molecule has 0 amide bonds. The van der Waals surface area contributed by atoms with E-state index in [4.69, 9.17) is 0 Å². The Labute approximate surface area is 63.4 Å². The van der Waals surface area contributed by atoms with E-state index in [-0.39, 0.29) is 0 Å². The maximum Gasteiger partial charge on any atom is 0.00986 e. The normalized spacial score (nSPS) is 41.7. The van der Waals surface area contributed by atoms with E-state index in [9.17, 15) is 0 Å². The number of fused-ring (bicyclic) bond motifs is 1. The van der Waals surface area contributed by atoms with Gasteiger partial charge in [-0.25, -0.2) is 0 Å². The Morgan fingerprint density at radius 3 is 2.80 bits per heavy atom. The van der Waals surface area contributed by atoms with Crippen LogP contribution in [0.1, 0.15) is 39.0 Å². The molecule has 0 N–H and O–H groups in total. The molecule has 2 saturated heterocycles. The topological polar surface area (TPSA) is 3.24 Å². The third kappa shape index (κ3) is 0.968. The van der Waals surface area contributed by atoms with Crippen molar-refractivity contribution >= 4 is 0 Å². The van der Waals surface area contributed by atoms with Gasteiger partial charge in [0.15, 0.2) is 0 Å².